The molecular weight excluding hydrogens is 260 g/mol. The van der Waals surface area contributed by atoms with Gasteiger partial charge in [-0.3, -0.25) is 10.8 Å². The van der Waals surface area contributed by atoms with Crippen LogP contribution in [-0.2, 0) is 0 Å². The van der Waals surface area contributed by atoms with Crippen molar-refractivity contribution in [3.63, 3.8) is 0 Å². The summed E-state index contributed by atoms with van der Waals surface area (Å²) in [4.78, 5) is 13.9. The number of amidine groups is 2. The molecule has 2 heterocycles. The Balaban J connectivity index is 0.000000340. The molecule has 2 aromatic rings. The van der Waals surface area contributed by atoms with Crippen LogP contribution >= 0.6 is 0 Å². The Morgan fingerprint density at radius 1 is 1.30 bits per heavy atom. The lowest BCUT2D eigenvalue weighted by molar-refractivity contribution is 0.976. The fourth-order valence-corrected chi connectivity index (χ4v) is 0.741. The number of aromatic nitrogens is 4. The van der Waals surface area contributed by atoms with Crippen LogP contribution in [0.1, 0.15) is 18.5 Å². The predicted molar refractivity (Wildman–Crippen MR) is 73.6 cm³/mol. The van der Waals surface area contributed by atoms with Crippen LogP contribution in [0.2, 0.25) is 12.7 Å². The second-order valence-electron chi connectivity index (χ2n) is 2.75. The monoisotopic (exact) mass is 302 g/mol. The minimum atomic E-state index is -0.600. The van der Waals surface area contributed by atoms with Crippen LogP contribution in [0, 0.1) is 10.8 Å². The molecule has 0 radical (unpaired) electrons. The van der Waals surface area contributed by atoms with E-state index in [2.05, 4.69) is 30.7 Å². The van der Waals surface area contributed by atoms with Crippen molar-refractivity contribution >= 4 is 17.5 Å². The Morgan fingerprint density at radius 2 is 2.15 bits per heavy atom. The van der Waals surface area contributed by atoms with Gasteiger partial charge in [0.2, 0.25) is 0 Å². The zero-order chi connectivity index (χ0) is 26.3. The Labute approximate surface area is 134 Å². The number of hydrazine groups is 1. The molecule has 10 nitrogen and oxygen atoms in total. The van der Waals surface area contributed by atoms with Gasteiger partial charge in [0.05, 0.1) is 6.85 Å². The van der Waals surface area contributed by atoms with Crippen molar-refractivity contribution in [2.45, 2.75) is 0 Å². The molecule has 10 heteroatoms. The van der Waals surface area contributed by atoms with E-state index >= 15 is 0 Å². The van der Waals surface area contributed by atoms with Crippen molar-refractivity contribution in [3.05, 3.63) is 42.3 Å². The van der Waals surface area contributed by atoms with Gasteiger partial charge >= 0.3 is 0 Å². The molecule has 0 aliphatic heterocycles. The van der Waals surface area contributed by atoms with Crippen LogP contribution < -0.4 is 22.7 Å². The van der Waals surface area contributed by atoms with Gasteiger partial charge in [0, 0.05) is 18.5 Å². The molecule has 2 rings (SSSR count). The molecular formula is C10H14N10. The molecule has 0 unspecified atom stereocenters. The van der Waals surface area contributed by atoms with Crippen LogP contribution in [0.5, 0.6) is 0 Å². The van der Waals surface area contributed by atoms with Crippen molar-refractivity contribution in [1.29, 1.82) is 10.8 Å². The van der Waals surface area contributed by atoms with E-state index < -0.39 is 59.7 Å². The summed E-state index contributed by atoms with van der Waals surface area (Å²) in [6.07, 6.45) is -1.70. The third-order valence-corrected chi connectivity index (χ3v) is 1.47. The summed E-state index contributed by atoms with van der Waals surface area (Å²) in [6.45, 7) is 0. The van der Waals surface area contributed by atoms with Gasteiger partial charge in [-0.05, 0) is 12.1 Å². The Hall–Kier alpha value is -3.14. The molecule has 9 N–H and O–H groups in total. The number of anilines is 1. The number of hydrogen-bond acceptors (Lipinski definition) is 8. The van der Waals surface area contributed by atoms with E-state index in [1.54, 1.807) is 0 Å². The first-order chi connectivity index (χ1) is 15.8. The average Bonchev–Trinajstić information content (AvgIpc) is 2.75. The number of nitrogens with zero attached hydrogens (tertiary/aromatic N) is 4. The fraction of sp³-hybridized carbons (Fsp3) is 0. The first-order valence-corrected chi connectivity index (χ1v) is 4.61. The number of nitrogens with two attached hydrogens (primary N) is 3. The maximum atomic E-state index is 7.34. The fourth-order valence-electron chi connectivity index (χ4n) is 0.741. The van der Waals surface area contributed by atoms with Crippen LogP contribution in [0.15, 0.2) is 30.6 Å². The van der Waals surface area contributed by atoms with E-state index in [4.69, 9.17) is 19.6 Å². The minimum Gasteiger partial charge on any atom is -0.384 e. The quantitative estimate of drug-likeness (QED) is 0.172. The van der Waals surface area contributed by atoms with Crippen molar-refractivity contribution in [3.8, 4) is 0 Å². The predicted octanol–water partition coefficient (Wildman–Crippen LogP) is -1.39. The zero-order valence-corrected chi connectivity index (χ0v) is 9.47. The molecule has 0 saturated heterocycles. The van der Waals surface area contributed by atoms with E-state index in [9.17, 15) is 0 Å². The number of rotatable bonds is 4. The standard InChI is InChI=1S/2C5H7N5/c6-4(10-7)5-8-2-1-3-9-5;6-3-1-2-9-5(10-3)4(7)8/h1-3H,7H2,(H2,6,10);1-2H,(H3,7,8)(H2,6,9,10)/i1T,2T,3T;1T,2T/hT9. The topological polar surface area (TPSA) is 189 Å². The second-order valence-corrected chi connectivity index (χ2v) is 2.75. The highest BCUT2D eigenvalue weighted by molar-refractivity contribution is 5.92. The summed E-state index contributed by atoms with van der Waals surface area (Å²) in [7, 11) is 0. The van der Waals surface area contributed by atoms with Gasteiger partial charge in [-0.15, -0.1) is 0 Å². The van der Waals surface area contributed by atoms with Gasteiger partial charge in [-0.25, -0.2) is 25.8 Å². The molecule has 0 aromatic carbocycles. The van der Waals surface area contributed by atoms with E-state index in [0.717, 1.165) is 0 Å². The first-order valence-electron chi connectivity index (χ1n) is 11.1. The summed E-state index contributed by atoms with van der Waals surface area (Å²) in [5.74, 6) is -2.74. The normalized spacial score (nSPS) is 20.9. The lowest BCUT2D eigenvalue weighted by atomic mass is 10.5. The lowest BCUT2D eigenvalue weighted by Crippen LogP contribution is -2.31. The summed E-state index contributed by atoms with van der Waals surface area (Å²) < 4.78 is 98.5. The average molecular weight is 302 g/mol. The third kappa shape index (κ3) is 4.62. The number of nitrogen functional groups attached to an aromatic ring is 2. The maximum absolute atomic E-state index is 7.34. The summed E-state index contributed by atoms with van der Waals surface area (Å²) in [5.41, 5.74) is 0.0591. The molecule has 0 aliphatic carbocycles. The Bertz CT molecular complexity index is 1040. The van der Waals surface area contributed by atoms with Crippen LogP contribution in [0.3, 0.4) is 0 Å². The molecule has 0 fully saturated rings. The highest BCUT2D eigenvalue weighted by atomic mass is 15.2. The molecule has 0 atom stereocenters. The summed E-state index contributed by atoms with van der Waals surface area (Å²) >= 11 is 0. The van der Waals surface area contributed by atoms with Gasteiger partial charge in [-0.1, -0.05) is 0 Å². The van der Waals surface area contributed by atoms with Crippen LogP contribution in [0.25, 0.3) is 0 Å². The van der Waals surface area contributed by atoms with E-state index in [1.807, 2.05) is 0 Å². The van der Waals surface area contributed by atoms with E-state index in [-0.39, 0.29) is 22.7 Å². The van der Waals surface area contributed by atoms with Crippen LogP contribution in [0.4, 0.5) is 5.82 Å². The van der Waals surface area contributed by atoms with E-state index in [1.165, 1.54) is 0 Å². The minimum absolute atomic E-state index is 0.00531. The van der Waals surface area contributed by atoms with Gasteiger partial charge in [0.25, 0.3) is 0 Å². The van der Waals surface area contributed by atoms with Crippen LogP contribution in [-0.4, -0.2) is 31.6 Å². The second kappa shape index (κ2) is 7.33. The molecule has 0 spiro atoms. The van der Waals surface area contributed by atoms with E-state index in [0.29, 0.717) is 0 Å². The molecule has 104 valence electrons. The largest absolute Gasteiger partial charge is 0.384 e. The molecule has 20 heavy (non-hydrogen) atoms. The van der Waals surface area contributed by atoms with Gasteiger partial charge in [0.1, 0.15) is 8.64 Å². The molecule has 0 bridgehead atoms. The summed E-state index contributed by atoms with van der Waals surface area (Å²) in [6, 6.07) is -1.03. The summed E-state index contributed by atoms with van der Waals surface area (Å²) in [5, 5.41) is 5.70. The van der Waals surface area contributed by atoms with Gasteiger partial charge < -0.3 is 16.9 Å². The maximum Gasteiger partial charge on any atom is 0.196 e. The zero-order valence-electron chi connectivity index (χ0n) is 23.5. The van der Waals surface area contributed by atoms with Crippen molar-refractivity contribution < 1.29 is 19.6 Å². The highest BCUT2D eigenvalue weighted by Crippen LogP contribution is 1.93. The number of nitrogens with one attached hydrogen (secondary N) is 3. The SMILES string of the molecule is [3H]N=C(c1nc([3H])c([3H])c(N([3H])[3H])n1)N([3H])[3H].[3H]N=C(c1nc([3H])c([3H])c([3H])n1)N([3H])N([3H])[3H]. The van der Waals surface area contributed by atoms with Crippen molar-refractivity contribution in [2.75, 3.05) is 5.72 Å². The lowest BCUT2D eigenvalue weighted by Gasteiger charge is -1.97. The van der Waals surface area contributed by atoms with Crippen molar-refractivity contribution in [2.24, 2.45) is 11.5 Å². The van der Waals surface area contributed by atoms with Crippen molar-refractivity contribution in [1.82, 2.24) is 25.4 Å². The molecule has 0 saturated carbocycles. The highest BCUT2D eigenvalue weighted by Gasteiger charge is 1.98. The smallest absolute Gasteiger partial charge is 0.196 e. The molecule has 0 amide bonds. The number of hydrogen-bond donors (Lipinski definition) is 6. The van der Waals surface area contributed by atoms with Gasteiger partial charge in [-0.2, -0.15) is 0 Å². The molecule has 2 aromatic heterocycles. The molecule has 0 aliphatic rings. The Kier molecular flexibility index (Phi) is 1.63. The third-order valence-electron chi connectivity index (χ3n) is 1.47. The first kappa shape index (κ1) is 4.45. The van der Waals surface area contributed by atoms with Gasteiger partial charge in [0.15, 0.2) is 33.2 Å². The Morgan fingerprint density at radius 3 is 2.80 bits per heavy atom.